The van der Waals surface area contributed by atoms with Gasteiger partial charge in [-0.15, -0.1) is 0 Å². The van der Waals surface area contributed by atoms with Crippen LogP contribution in [0.2, 0.25) is 0 Å². The molecule has 0 fully saturated rings. The highest BCUT2D eigenvalue weighted by Gasteiger charge is 2.07. The van der Waals surface area contributed by atoms with Gasteiger partial charge in [0, 0.05) is 0 Å². The molecule has 0 spiro atoms. The zero-order valence-electron chi connectivity index (χ0n) is 6.48. The van der Waals surface area contributed by atoms with Gasteiger partial charge in [-0.25, -0.2) is 0 Å². The van der Waals surface area contributed by atoms with E-state index in [1.165, 1.54) is 25.7 Å². The normalized spacial score (nSPS) is 19.1. The van der Waals surface area contributed by atoms with Crippen LogP contribution in [0.3, 0.4) is 0 Å². The lowest BCUT2D eigenvalue weighted by Crippen LogP contribution is -1.89. The van der Waals surface area contributed by atoms with Crippen molar-refractivity contribution in [3.8, 4) is 0 Å². The lowest BCUT2D eigenvalue weighted by molar-refractivity contribution is 0.518. The number of rotatable bonds is 4. The molecule has 0 radical (unpaired) electrons. The first-order chi connectivity index (χ1) is 4.33. The van der Waals surface area contributed by atoms with Crippen LogP contribution in [0.1, 0.15) is 39.5 Å². The summed E-state index contributed by atoms with van der Waals surface area (Å²) in [6.07, 6.45) is 7.77. The number of hydrogen-bond donors (Lipinski definition) is 0. The highest BCUT2D eigenvalue weighted by molar-refractivity contribution is 5.21. The molecule has 0 aromatic carbocycles. The predicted molar refractivity (Wildman–Crippen MR) is 41.4 cm³/mol. The molecule has 0 heterocycles. The van der Waals surface area contributed by atoms with Gasteiger partial charge >= 0.3 is 0 Å². The summed E-state index contributed by atoms with van der Waals surface area (Å²) in [4.78, 5) is 0. The van der Waals surface area contributed by atoms with Crippen LogP contribution in [0.15, 0.2) is 11.6 Å². The first kappa shape index (κ1) is 6.85. The third-order valence-electron chi connectivity index (χ3n) is 2.15. The Hall–Kier alpha value is -0.260. The molecule has 0 heteroatoms. The number of allylic oxidation sites excluding steroid dienone is 2. The second kappa shape index (κ2) is 3.05. The summed E-state index contributed by atoms with van der Waals surface area (Å²) in [6.45, 7) is 4.61. The van der Waals surface area contributed by atoms with Crippen molar-refractivity contribution >= 4 is 0 Å². The summed E-state index contributed by atoms with van der Waals surface area (Å²) in [5.74, 6) is 0.937. The third-order valence-corrected chi connectivity index (χ3v) is 2.15. The summed E-state index contributed by atoms with van der Waals surface area (Å²) >= 11 is 0. The Bertz CT molecular complexity index is 111. The SMILES string of the molecule is CCC(C)CCC1=CC1. The van der Waals surface area contributed by atoms with Crippen molar-refractivity contribution in [2.24, 2.45) is 5.92 Å². The molecule has 0 N–H and O–H groups in total. The van der Waals surface area contributed by atoms with E-state index in [1.54, 1.807) is 5.57 Å². The Balaban J connectivity index is 1.96. The van der Waals surface area contributed by atoms with Gasteiger partial charge in [-0.05, 0) is 25.2 Å². The van der Waals surface area contributed by atoms with Crippen LogP contribution >= 0.6 is 0 Å². The Morgan fingerprint density at radius 3 is 2.78 bits per heavy atom. The standard InChI is InChI=1S/C9H16/c1-3-8(2)4-5-9-6-7-9/h6,8H,3-5,7H2,1-2H3. The molecule has 1 rings (SSSR count). The average Bonchev–Trinajstić information content (AvgIpc) is 2.65. The summed E-state index contributed by atoms with van der Waals surface area (Å²) < 4.78 is 0. The van der Waals surface area contributed by atoms with Gasteiger partial charge in [-0.2, -0.15) is 0 Å². The molecule has 0 aromatic heterocycles. The molecule has 1 aliphatic carbocycles. The van der Waals surface area contributed by atoms with Crippen LogP contribution in [0.25, 0.3) is 0 Å². The fourth-order valence-corrected chi connectivity index (χ4v) is 0.912. The molecule has 0 saturated heterocycles. The van der Waals surface area contributed by atoms with Crippen molar-refractivity contribution in [2.45, 2.75) is 39.5 Å². The van der Waals surface area contributed by atoms with Gasteiger partial charge in [0.15, 0.2) is 0 Å². The van der Waals surface area contributed by atoms with Gasteiger partial charge in [-0.1, -0.05) is 31.9 Å². The first-order valence-electron chi connectivity index (χ1n) is 4.00. The van der Waals surface area contributed by atoms with E-state index in [2.05, 4.69) is 19.9 Å². The molecular weight excluding hydrogens is 108 g/mol. The molecule has 1 aliphatic rings. The molecule has 0 aromatic rings. The summed E-state index contributed by atoms with van der Waals surface area (Å²) in [7, 11) is 0. The minimum Gasteiger partial charge on any atom is -0.0810 e. The maximum Gasteiger partial charge on any atom is -0.0136 e. The first-order valence-corrected chi connectivity index (χ1v) is 4.00. The van der Waals surface area contributed by atoms with Crippen molar-refractivity contribution < 1.29 is 0 Å². The van der Waals surface area contributed by atoms with Crippen LogP contribution in [0, 0.1) is 5.92 Å². The third kappa shape index (κ3) is 2.69. The maximum atomic E-state index is 2.34. The monoisotopic (exact) mass is 124 g/mol. The van der Waals surface area contributed by atoms with Crippen molar-refractivity contribution in [1.29, 1.82) is 0 Å². The fourth-order valence-electron chi connectivity index (χ4n) is 0.912. The zero-order chi connectivity index (χ0) is 6.69. The molecule has 1 unspecified atom stereocenters. The molecule has 0 nitrogen and oxygen atoms in total. The lowest BCUT2D eigenvalue weighted by Gasteiger charge is -2.04. The number of hydrogen-bond acceptors (Lipinski definition) is 0. The predicted octanol–water partition coefficient (Wildman–Crippen LogP) is 3.14. The molecule has 0 bridgehead atoms. The largest absolute Gasteiger partial charge is 0.0810 e. The van der Waals surface area contributed by atoms with Gasteiger partial charge in [0.2, 0.25) is 0 Å². The minimum absolute atomic E-state index is 0.937. The van der Waals surface area contributed by atoms with Crippen LogP contribution in [0.4, 0.5) is 0 Å². The minimum atomic E-state index is 0.937. The van der Waals surface area contributed by atoms with Crippen molar-refractivity contribution in [3.63, 3.8) is 0 Å². The Morgan fingerprint density at radius 2 is 2.33 bits per heavy atom. The van der Waals surface area contributed by atoms with E-state index in [0.717, 1.165) is 5.92 Å². The molecular formula is C9H16. The highest BCUT2D eigenvalue weighted by Crippen LogP contribution is 2.26. The maximum absolute atomic E-state index is 2.34. The summed E-state index contributed by atoms with van der Waals surface area (Å²) in [6, 6.07) is 0. The van der Waals surface area contributed by atoms with E-state index in [1.807, 2.05) is 0 Å². The van der Waals surface area contributed by atoms with E-state index in [9.17, 15) is 0 Å². The molecule has 0 amide bonds. The van der Waals surface area contributed by atoms with Crippen LogP contribution in [0.5, 0.6) is 0 Å². The van der Waals surface area contributed by atoms with Crippen LogP contribution in [-0.2, 0) is 0 Å². The van der Waals surface area contributed by atoms with Crippen molar-refractivity contribution in [2.75, 3.05) is 0 Å². The van der Waals surface area contributed by atoms with E-state index in [4.69, 9.17) is 0 Å². The molecule has 1 atom stereocenters. The lowest BCUT2D eigenvalue weighted by atomic mass is 10.0. The molecule has 0 aliphatic heterocycles. The van der Waals surface area contributed by atoms with Crippen LogP contribution < -0.4 is 0 Å². The van der Waals surface area contributed by atoms with Crippen molar-refractivity contribution in [3.05, 3.63) is 11.6 Å². The Kier molecular flexibility index (Phi) is 2.32. The summed E-state index contributed by atoms with van der Waals surface area (Å²) in [5, 5.41) is 0. The van der Waals surface area contributed by atoms with Gasteiger partial charge in [0.05, 0.1) is 0 Å². The zero-order valence-corrected chi connectivity index (χ0v) is 6.48. The quantitative estimate of drug-likeness (QED) is 0.505. The second-order valence-electron chi connectivity index (χ2n) is 3.12. The van der Waals surface area contributed by atoms with E-state index >= 15 is 0 Å². The Morgan fingerprint density at radius 1 is 1.67 bits per heavy atom. The van der Waals surface area contributed by atoms with Crippen LogP contribution in [-0.4, -0.2) is 0 Å². The van der Waals surface area contributed by atoms with Gasteiger partial charge in [0.25, 0.3) is 0 Å². The molecule has 52 valence electrons. The topological polar surface area (TPSA) is 0 Å². The van der Waals surface area contributed by atoms with Gasteiger partial charge in [-0.3, -0.25) is 0 Å². The van der Waals surface area contributed by atoms with Gasteiger partial charge in [0.1, 0.15) is 0 Å². The van der Waals surface area contributed by atoms with E-state index in [0.29, 0.717) is 0 Å². The second-order valence-corrected chi connectivity index (χ2v) is 3.12. The smallest absolute Gasteiger partial charge is 0.0136 e. The van der Waals surface area contributed by atoms with Crippen molar-refractivity contribution in [1.82, 2.24) is 0 Å². The van der Waals surface area contributed by atoms with Gasteiger partial charge < -0.3 is 0 Å². The molecule has 0 saturated carbocycles. The highest BCUT2D eigenvalue weighted by atomic mass is 14.1. The average molecular weight is 124 g/mol. The van der Waals surface area contributed by atoms with E-state index < -0.39 is 0 Å². The summed E-state index contributed by atoms with van der Waals surface area (Å²) in [5.41, 5.74) is 1.69. The van der Waals surface area contributed by atoms with E-state index in [-0.39, 0.29) is 0 Å². The Labute approximate surface area is 58.0 Å². The fraction of sp³-hybridized carbons (Fsp3) is 0.778. The molecule has 9 heavy (non-hydrogen) atoms.